The van der Waals surface area contributed by atoms with Crippen LogP contribution in [0.4, 0.5) is 11.4 Å². The second-order valence-electron chi connectivity index (χ2n) is 6.89. The molecule has 6 heteroatoms. The van der Waals surface area contributed by atoms with E-state index in [1.54, 1.807) is 19.5 Å². The molecular weight excluding hydrogens is 376 g/mol. The number of benzene rings is 2. The van der Waals surface area contributed by atoms with Crippen LogP contribution in [0.1, 0.15) is 11.1 Å². The quantitative estimate of drug-likeness (QED) is 0.419. The normalized spacial score (nSPS) is 10.7. The van der Waals surface area contributed by atoms with Gasteiger partial charge in [0.05, 0.1) is 17.9 Å². The molecule has 2 aromatic heterocycles. The van der Waals surface area contributed by atoms with Gasteiger partial charge in [-0.15, -0.1) is 0 Å². The third-order valence-corrected chi connectivity index (χ3v) is 5.03. The fourth-order valence-corrected chi connectivity index (χ4v) is 3.45. The number of rotatable bonds is 7. The van der Waals surface area contributed by atoms with Crippen LogP contribution in [0.25, 0.3) is 22.0 Å². The number of nitrogens with one attached hydrogen (secondary N) is 2. The molecule has 30 heavy (non-hydrogen) atoms. The summed E-state index contributed by atoms with van der Waals surface area (Å²) in [6.07, 6.45) is 5.27. The van der Waals surface area contributed by atoms with E-state index >= 15 is 0 Å². The molecule has 0 radical (unpaired) electrons. The SMILES string of the molecule is COCCOc1cccc(-c2cncc(C#N)c2Nc2ccc3[nH]ccc3c2C)c1. The number of methoxy groups -OCH3 is 1. The highest BCUT2D eigenvalue weighted by Crippen LogP contribution is 2.36. The van der Waals surface area contributed by atoms with E-state index < -0.39 is 0 Å². The third-order valence-electron chi connectivity index (χ3n) is 5.03. The van der Waals surface area contributed by atoms with Gasteiger partial charge in [0.15, 0.2) is 0 Å². The summed E-state index contributed by atoms with van der Waals surface area (Å²) in [4.78, 5) is 7.50. The average Bonchev–Trinajstić information content (AvgIpc) is 3.26. The van der Waals surface area contributed by atoms with Crippen molar-refractivity contribution in [3.8, 4) is 22.9 Å². The average molecular weight is 398 g/mol. The molecule has 0 unspecified atom stereocenters. The van der Waals surface area contributed by atoms with E-state index in [1.807, 2.05) is 42.6 Å². The summed E-state index contributed by atoms with van der Waals surface area (Å²) in [6.45, 7) is 3.05. The maximum Gasteiger partial charge on any atom is 0.120 e. The number of hydrogen-bond acceptors (Lipinski definition) is 5. The zero-order chi connectivity index (χ0) is 20.9. The molecule has 0 saturated heterocycles. The highest BCUT2D eigenvalue weighted by atomic mass is 16.5. The molecule has 2 heterocycles. The number of anilines is 2. The molecule has 0 amide bonds. The van der Waals surface area contributed by atoms with Gasteiger partial charge in [0.1, 0.15) is 18.4 Å². The summed E-state index contributed by atoms with van der Waals surface area (Å²) in [5.41, 5.74) is 6.08. The number of nitrogens with zero attached hydrogens (tertiary/aromatic N) is 2. The molecule has 0 atom stereocenters. The van der Waals surface area contributed by atoms with Crippen molar-refractivity contribution in [1.82, 2.24) is 9.97 Å². The van der Waals surface area contributed by atoms with Crippen LogP contribution in [0.3, 0.4) is 0 Å². The number of hydrogen-bond donors (Lipinski definition) is 2. The van der Waals surface area contributed by atoms with Gasteiger partial charge in [-0.25, -0.2) is 0 Å². The van der Waals surface area contributed by atoms with Crippen LogP contribution in [0, 0.1) is 18.3 Å². The van der Waals surface area contributed by atoms with Crippen molar-refractivity contribution in [2.24, 2.45) is 0 Å². The lowest BCUT2D eigenvalue weighted by molar-refractivity contribution is 0.146. The van der Waals surface area contributed by atoms with Crippen molar-refractivity contribution >= 4 is 22.3 Å². The number of fused-ring (bicyclic) bond motifs is 1. The molecule has 0 saturated carbocycles. The lowest BCUT2D eigenvalue weighted by Crippen LogP contribution is -2.04. The molecule has 4 rings (SSSR count). The Bertz CT molecular complexity index is 1220. The van der Waals surface area contributed by atoms with Gasteiger partial charge in [0, 0.05) is 47.9 Å². The molecule has 0 aliphatic rings. The second kappa shape index (κ2) is 8.68. The van der Waals surface area contributed by atoms with E-state index in [-0.39, 0.29) is 0 Å². The molecule has 2 aromatic carbocycles. The van der Waals surface area contributed by atoms with Crippen LogP contribution >= 0.6 is 0 Å². The Hall–Kier alpha value is -3.82. The first-order valence-electron chi connectivity index (χ1n) is 9.65. The Morgan fingerprint density at radius 1 is 1.13 bits per heavy atom. The number of nitriles is 1. The van der Waals surface area contributed by atoms with Crippen molar-refractivity contribution in [2.45, 2.75) is 6.92 Å². The highest BCUT2D eigenvalue weighted by molar-refractivity contribution is 5.91. The van der Waals surface area contributed by atoms with Crippen molar-refractivity contribution in [1.29, 1.82) is 5.26 Å². The minimum absolute atomic E-state index is 0.470. The molecule has 0 aliphatic heterocycles. The van der Waals surface area contributed by atoms with Crippen molar-refractivity contribution in [2.75, 3.05) is 25.6 Å². The van der Waals surface area contributed by atoms with Crippen LogP contribution in [-0.2, 0) is 4.74 Å². The third kappa shape index (κ3) is 3.84. The van der Waals surface area contributed by atoms with Gasteiger partial charge in [-0.05, 0) is 48.4 Å². The molecule has 0 spiro atoms. The van der Waals surface area contributed by atoms with Crippen LogP contribution in [0.2, 0.25) is 0 Å². The van der Waals surface area contributed by atoms with E-state index in [1.165, 1.54) is 0 Å². The smallest absolute Gasteiger partial charge is 0.120 e. The number of aryl methyl sites for hydroxylation is 1. The highest BCUT2D eigenvalue weighted by Gasteiger charge is 2.14. The first-order chi connectivity index (χ1) is 14.7. The Labute approximate surface area is 175 Å². The summed E-state index contributed by atoms with van der Waals surface area (Å²) in [5, 5.41) is 14.3. The largest absolute Gasteiger partial charge is 0.491 e. The zero-order valence-corrected chi connectivity index (χ0v) is 16.9. The second-order valence-corrected chi connectivity index (χ2v) is 6.89. The molecule has 0 bridgehead atoms. The lowest BCUT2D eigenvalue weighted by atomic mass is 10.0. The first-order valence-corrected chi connectivity index (χ1v) is 9.65. The maximum atomic E-state index is 9.70. The number of pyridine rings is 1. The standard InChI is InChI=1S/C24H22N4O2/c1-16-20-8-9-27-23(20)7-6-22(16)28-24-18(13-25)14-26-15-21(24)17-4-3-5-19(12-17)30-11-10-29-2/h3-9,12,14-15,27H,10-11H2,1-2H3,(H,26,28). The summed E-state index contributed by atoms with van der Waals surface area (Å²) < 4.78 is 10.8. The summed E-state index contributed by atoms with van der Waals surface area (Å²) >= 11 is 0. The number of ether oxygens (including phenoxy) is 2. The fourth-order valence-electron chi connectivity index (χ4n) is 3.45. The van der Waals surface area contributed by atoms with E-state index in [9.17, 15) is 5.26 Å². The summed E-state index contributed by atoms with van der Waals surface area (Å²) in [7, 11) is 1.64. The number of aromatic amines is 1. The van der Waals surface area contributed by atoms with Crippen molar-refractivity contribution in [3.63, 3.8) is 0 Å². The Morgan fingerprint density at radius 3 is 2.87 bits per heavy atom. The predicted molar refractivity (Wildman–Crippen MR) is 118 cm³/mol. The predicted octanol–water partition coefficient (Wildman–Crippen LogP) is 5.18. The minimum Gasteiger partial charge on any atom is -0.491 e. The molecule has 0 fully saturated rings. The molecule has 2 N–H and O–H groups in total. The van der Waals surface area contributed by atoms with Gasteiger partial charge in [0.2, 0.25) is 0 Å². The minimum atomic E-state index is 0.470. The van der Waals surface area contributed by atoms with E-state index in [2.05, 4.69) is 34.3 Å². The lowest BCUT2D eigenvalue weighted by Gasteiger charge is -2.16. The maximum absolute atomic E-state index is 9.70. The molecule has 0 aliphatic carbocycles. The van der Waals surface area contributed by atoms with E-state index in [4.69, 9.17) is 9.47 Å². The fraction of sp³-hybridized carbons (Fsp3) is 0.167. The number of aromatic nitrogens is 2. The molecule has 150 valence electrons. The van der Waals surface area contributed by atoms with E-state index in [0.29, 0.717) is 18.8 Å². The van der Waals surface area contributed by atoms with E-state index in [0.717, 1.165) is 44.7 Å². The van der Waals surface area contributed by atoms with Gasteiger partial charge >= 0.3 is 0 Å². The monoisotopic (exact) mass is 398 g/mol. The summed E-state index contributed by atoms with van der Waals surface area (Å²) in [5.74, 6) is 0.739. The van der Waals surface area contributed by atoms with Crippen LogP contribution < -0.4 is 10.1 Å². The van der Waals surface area contributed by atoms with Crippen LogP contribution in [0.15, 0.2) is 61.1 Å². The van der Waals surface area contributed by atoms with Gasteiger partial charge in [0.25, 0.3) is 0 Å². The molecule has 4 aromatic rings. The van der Waals surface area contributed by atoms with Gasteiger partial charge in [-0.2, -0.15) is 5.26 Å². The first kappa shape index (κ1) is 19.5. The number of H-pyrrole nitrogens is 1. The van der Waals surface area contributed by atoms with Crippen LogP contribution in [-0.4, -0.2) is 30.3 Å². The summed E-state index contributed by atoms with van der Waals surface area (Å²) in [6, 6.07) is 16.1. The van der Waals surface area contributed by atoms with Crippen molar-refractivity contribution in [3.05, 3.63) is 72.2 Å². The Balaban J connectivity index is 1.75. The van der Waals surface area contributed by atoms with Gasteiger partial charge in [-0.1, -0.05) is 12.1 Å². The Kier molecular flexibility index (Phi) is 5.64. The topological polar surface area (TPSA) is 83.0 Å². The van der Waals surface area contributed by atoms with Gasteiger partial charge in [-0.3, -0.25) is 4.98 Å². The molecule has 6 nitrogen and oxygen atoms in total. The van der Waals surface area contributed by atoms with Gasteiger partial charge < -0.3 is 19.8 Å². The zero-order valence-electron chi connectivity index (χ0n) is 16.9. The van der Waals surface area contributed by atoms with Crippen LogP contribution in [0.5, 0.6) is 5.75 Å². The Morgan fingerprint density at radius 2 is 2.03 bits per heavy atom. The molecular formula is C24H22N4O2. The van der Waals surface area contributed by atoms with Crippen molar-refractivity contribution < 1.29 is 9.47 Å².